The Morgan fingerprint density at radius 2 is 1.93 bits per heavy atom. The van der Waals surface area contributed by atoms with E-state index < -0.39 is 22.4 Å². The molecule has 0 fully saturated rings. The summed E-state index contributed by atoms with van der Waals surface area (Å²) in [6.45, 7) is 1.49. The summed E-state index contributed by atoms with van der Waals surface area (Å²) in [5.41, 5.74) is 0.299. The van der Waals surface area contributed by atoms with Crippen molar-refractivity contribution in [3.05, 3.63) is 39.6 Å². The van der Waals surface area contributed by atoms with Gasteiger partial charge in [0.15, 0.2) is 16.0 Å². The SMILES string of the molecule is CCS(=O)(=O)c1cc(Br)cnc1-c1[nH]c2cc(C(F)C(F)F)cnc2c1Cl. The number of hydrogen-bond donors (Lipinski definition) is 1. The number of rotatable bonds is 5. The first-order valence-corrected chi connectivity index (χ1v) is 10.5. The van der Waals surface area contributed by atoms with E-state index in [9.17, 15) is 21.6 Å². The van der Waals surface area contributed by atoms with Crippen molar-refractivity contribution in [3.63, 3.8) is 0 Å². The zero-order valence-corrected chi connectivity index (χ0v) is 16.8. The minimum atomic E-state index is -3.64. The number of sulfone groups is 1. The lowest BCUT2D eigenvalue weighted by molar-refractivity contribution is 0.0495. The molecule has 1 atom stereocenters. The van der Waals surface area contributed by atoms with Crippen LogP contribution in [0.4, 0.5) is 13.2 Å². The Kier molecular flexibility index (Phi) is 5.51. The molecule has 3 aromatic heterocycles. The number of halogens is 5. The highest BCUT2D eigenvalue weighted by atomic mass is 79.9. The molecular formula is C16H12BrClF3N3O2S. The second-order valence-electron chi connectivity index (χ2n) is 5.62. The van der Waals surface area contributed by atoms with Crippen LogP contribution in [0.3, 0.4) is 0 Å². The van der Waals surface area contributed by atoms with E-state index in [1.807, 2.05) is 0 Å². The fourth-order valence-corrected chi connectivity index (χ4v) is 4.36. The molecule has 0 aliphatic rings. The Labute approximate surface area is 166 Å². The predicted molar refractivity (Wildman–Crippen MR) is 99.6 cm³/mol. The van der Waals surface area contributed by atoms with Gasteiger partial charge in [0.1, 0.15) is 11.2 Å². The van der Waals surface area contributed by atoms with Crippen LogP contribution in [0.1, 0.15) is 18.7 Å². The van der Waals surface area contributed by atoms with Crippen molar-refractivity contribution >= 4 is 48.4 Å². The molecule has 3 aromatic rings. The first-order chi connectivity index (χ1) is 12.7. The molecule has 144 valence electrons. The van der Waals surface area contributed by atoms with Crippen molar-refractivity contribution in [2.75, 3.05) is 5.75 Å². The second-order valence-corrected chi connectivity index (χ2v) is 9.16. The number of aromatic nitrogens is 3. The van der Waals surface area contributed by atoms with E-state index in [2.05, 4.69) is 30.9 Å². The number of aromatic amines is 1. The molecule has 0 aliphatic heterocycles. The van der Waals surface area contributed by atoms with Gasteiger partial charge in [0.25, 0.3) is 6.43 Å². The van der Waals surface area contributed by atoms with Gasteiger partial charge in [-0.05, 0) is 28.1 Å². The number of nitrogens with one attached hydrogen (secondary N) is 1. The molecular weight excluding hydrogens is 471 g/mol. The molecule has 1 N–H and O–H groups in total. The Balaban J connectivity index is 2.23. The van der Waals surface area contributed by atoms with Crippen LogP contribution < -0.4 is 0 Å². The number of H-pyrrole nitrogens is 1. The second kappa shape index (κ2) is 7.40. The molecule has 0 radical (unpaired) electrons. The third kappa shape index (κ3) is 3.70. The third-order valence-corrected chi connectivity index (χ3v) is 6.45. The van der Waals surface area contributed by atoms with Crippen LogP contribution in [-0.4, -0.2) is 35.5 Å². The van der Waals surface area contributed by atoms with Gasteiger partial charge in [-0.15, -0.1) is 0 Å². The number of nitrogens with zero attached hydrogens (tertiary/aromatic N) is 2. The van der Waals surface area contributed by atoms with Crippen LogP contribution in [0.5, 0.6) is 0 Å². The molecule has 0 amide bonds. The van der Waals surface area contributed by atoms with Gasteiger partial charge in [-0.25, -0.2) is 21.6 Å². The lowest BCUT2D eigenvalue weighted by Crippen LogP contribution is -2.07. The molecule has 3 rings (SSSR count). The van der Waals surface area contributed by atoms with Gasteiger partial charge in [0.2, 0.25) is 0 Å². The van der Waals surface area contributed by atoms with Crippen molar-refractivity contribution in [2.24, 2.45) is 0 Å². The summed E-state index contributed by atoms with van der Waals surface area (Å²) in [6, 6.07) is 2.57. The van der Waals surface area contributed by atoms with E-state index in [0.29, 0.717) is 4.47 Å². The van der Waals surface area contributed by atoms with E-state index in [4.69, 9.17) is 11.6 Å². The fraction of sp³-hybridized carbons (Fsp3) is 0.250. The molecule has 27 heavy (non-hydrogen) atoms. The fourth-order valence-electron chi connectivity index (χ4n) is 2.52. The summed E-state index contributed by atoms with van der Waals surface area (Å²) in [6.07, 6.45) is -3.31. The molecule has 0 saturated carbocycles. The Bertz CT molecular complexity index is 1120. The molecule has 3 heterocycles. The van der Waals surface area contributed by atoms with Gasteiger partial charge in [-0.1, -0.05) is 18.5 Å². The number of alkyl halides is 3. The van der Waals surface area contributed by atoms with Crippen LogP contribution in [0.2, 0.25) is 5.02 Å². The highest BCUT2D eigenvalue weighted by molar-refractivity contribution is 9.10. The van der Waals surface area contributed by atoms with E-state index in [1.54, 1.807) is 0 Å². The lowest BCUT2D eigenvalue weighted by atomic mass is 10.2. The largest absolute Gasteiger partial charge is 0.351 e. The lowest BCUT2D eigenvalue weighted by Gasteiger charge is -2.08. The maximum atomic E-state index is 13.6. The monoisotopic (exact) mass is 481 g/mol. The van der Waals surface area contributed by atoms with E-state index >= 15 is 0 Å². The normalized spacial score (nSPS) is 13.4. The Morgan fingerprint density at radius 1 is 1.22 bits per heavy atom. The molecule has 0 saturated heterocycles. The molecule has 11 heteroatoms. The van der Waals surface area contributed by atoms with Gasteiger partial charge in [-0.2, -0.15) is 0 Å². The van der Waals surface area contributed by atoms with Crippen LogP contribution in [-0.2, 0) is 9.84 Å². The maximum absolute atomic E-state index is 13.6. The van der Waals surface area contributed by atoms with Crippen LogP contribution in [0.15, 0.2) is 33.9 Å². The zero-order valence-electron chi connectivity index (χ0n) is 13.7. The summed E-state index contributed by atoms with van der Waals surface area (Å²) >= 11 is 9.50. The van der Waals surface area contributed by atoms with Gasteiger partial charge in [0.05, 0.1) is 26.9 Å². The van der Waals surface area contributed by atoms with E-state index in [0.717, 1.165) is 6.20 Å². The Morgan fingerprint density at radius 3 is 2.56 bits per heavy atom. The molecule has 0 aliphatic carbocycles. The molecule has 1 unspecified atom stereocenters. The van der Waals surface area contributed by atoms with Crippen LogP contribution >= 0.6 is 27.5 Å². The van der Waals surface area contributed by atoms with Crippen molar-refractivity contribution in [1.29, 1.82) is 0 Å². The van der Waals surface area contributed by atoms with Gasteiger partial charge < -0.3 is 4.98 Å². The smallest absolute Gasteiger partial charge is 0.273 e. The van der Waals surface area contributed by atoms with Crippen molar-refractivity contribution in [2.45, 2.75) is 24.4 Å². The van der Waals surface area contributed by atoms with Crippen molar-refractivity contribution in [3.8, 4) is 11.4 Å². The quantitative estimate of drug-likeness (QED) is 0.548. The van der Waals surface area contributed by atoms with Gasteiger partial charge in [0, 0.05) is 22.4 Å². The average Bonchev–Trinajstić information content (AvgIpc) is 2.97. The summed E-state index contributed by atoms with van der Waals surface area (Å²) in [4.78, 5) is 10.8. The van der Waals surface area contributed by atoms with E-state index in [-0.39, 0.29) is 43.7 Å². The van der Waals surface area contributed by atoms with Crippen molar-refractivity contribution < 1.29 is 21.6 Å². The number of fused-ring (bicyclic) bond motifs is 1. The Hall–Kier alpha value is -1.65. The summed E-state index contributed by atoms with van der Waals surface area (Å²) in [5.74, 6) is -0.156. The summed E-state index contributed by atoms with van der Waals surface area (Å²) < 4.78 is 64.1. The van der Waals surface area contributed by atoms with Crippen molar-refractivity contribution in [1.82, 2.24) is 15.0 Å². The molecule has 0 bridgehead atoms. The molecule has 0 spiro atoms. The molecule has 5 nitrogen and oxygen atoms in total. The van der Waals surface area contributed by atoms with Gasteiger partial charge >= 0.3 is 0 Å². The minimum Gasteiger partial charge on any atom is -0.351 e. The maximum Gasteiger partial charge on any atom is 0.273 e. The number of hydrogen-bond acceptors (Lipinski definition) is 4. The third-order valence-electron chi connectivity index (χ3n) is 3.91. The highest BCUT2D eigenvalue weighted by Gasteiger charge is 2.26. The molecule has 0 aromatic carbocycles. The van der Waals surface area contributed by atoms with Crippen LogP contribution in [0, 0.1) is 0 Å². The summed E-state index contributed by atoms with van der Waals surface area (Å²) in [5, 5.41) is 0.0615. The topological polar surface area (TPSA) is 75.7 Å². The first-order valence-electron chi connectivity index (χ1n) is 7.63. The predicted octanol–water partition coefficient (Wildman–Crippen LogP) is 5.11. The standard InChI is InChI=1S/C16H12BrClF3N3O2S/c1-2-27(25,26)10-4-8(17)6-23-14(10)15-11(18)13-9(24-15)3-7(5-22-13)12(19)16(20)21/h3-6,12,16,24H,2H2,1H3. The average molecular weight is 483 g/mol. The first kappa shape index (κ1) is 20.1. The number of pyridine rings is 2. The summed E-state index contributed by atoms with van der Waals surface area (Å²) in [7, 11) is -3.64. The van der Waals surface area contributed by atoms with Crippen LogP contribution in [0.25, 0.3) is 22.4 Å². The van der Waals surface area contributed by atoms with Gasteiger partial charge in [-0.3, -0.25) is 9.97 Å². The highest BCUT2D eigenvalue weighted by Crippen LogP contribution is 2.37. The zero-order chi connectivity index (χ0) is 19.9. The van der Waals surface area contributed by atoms with E-state index in [1.165, 1.54) is 25.3 Å². The minimum absolute atomic E-state index is 0.0518.